The van der Waals surface area contributed by atoms with Crippen LogP contribution in [0.3, 0.4) is 0 Å². The molecule has 0 aromatic heterocycles. The van der Waals surface area contributed by atoms with Crippen molar-refractivity contribution >= 4 is 5.78 Å². The van der Waals surface area contributed by atoms with Gasteiger partial charge in [0.2, 0.25) is 0 Å². The van der Waals surface area contributed by atoms with Crippen LogP contribution in [0, 0.1) is 40.4 Å². The quantitative estimate of drug-likeness (QED) is 0.696. The zero-order valence-corrected chi connectivity index (χ0v) is 15.3. The first-order chi connectivity index (χ1) is 11.5. The first-order valence-corrected chi connectivity index (χ1v) is 10.8. The largest absolute Gasteiger partial charge is 0.393 e. The fourth-order valence-corrected chi connectivity index (χ4v) is 8.78. The van der Waals surface area contributed by atoms with Gasteiger partial charge in [-0.2, -0.15) is 0 Å². The highest BCUT2D eigenvalue weighted by Crippen LogP contribution is 2.69. The normalized spacial score (nSPS) is 56.8. The van der Waals surface area contributed by atoms with E-state index in [1.165, 1.54) is 51.4 Å². The van der Waals surface area contributed by atoms with Crippen LogP contribution in [-0.4, -0.2) is 17.0 Å². The number of carbonyl (C=O) groups excluding carboxylic acids is 1. The molecule has 5 aliphatic rings. The van der Waals surface area contributed by atoms with Crippen LogP contribution in [0.2, 0.25) is 0 Å². The zero-order valence-electron chi connectivity index (χ0n) is 15.3. The molecule has 0 bridgehead atoms. The van der Waals surface area contributed by atoms with Crippen molar-refractivity contribution in [3.8, 4) is 0 Å². The van der Waals surface area contributed by atoms with E-state index in [1.807, 2.05) is 0 Å². The maximum atomic E-state index is 12.6. The Bertz CT molecular complexity index is 542. The highest BCUT2D eigenvalue weighted by molar-refractivity contribution is 5.83. The summed E-state index contributed by atoms with van der Waals surface area (Å²) < 4.78 is 0. The number of aliphatic hydroxyl groups excluding tert-OH is 1. The second-order valence-corrected chi connectivity index (χ2v) is 10.3. The maximum Gasteiger partial charge on any atom is 0.136 e. The van der Waals surface area contributed by atoms with Gasteiger partial charge in [-0.05, 0) is 105 Å². The van der Waals surface area contributed by atoms with Crippen LogP contribution in [0.15, 0.2) is 0 Å². The zero-order chi connectivity index (χ0) is 16.5. The number of rotatable bonds is 0. The lowest BCUT2D eigenvalue weighted by atomic mass is 9.43. The molecule has 8 atom stereocenters. The summed E-state index contributed by atoms with van der Waals surface area (Å²) in [4.78, 5) is 12.6. The van der Waals surface area contributed by atoms with Crippen LogP contribution < -0.4 is 0 Å². The third-order valence-corrected chi connectivity index (χ3v) is 9.81. The van der Waals surface area contributed by atoms with Gasteiger partial charge in [-0.15, -0.1) is 0 Å². The van der Waals surface area contributed by atoms with Gasteiger partial charge in [0.15, 0.2) is 0 Å². The van der Waals surface area contributed by atoms with Crippen molar-refractivity contribution in [3.05, 3.63) is 0 Å². The molecule has 0 aromatic rings. The van der Waals surface area contributed by atoms with Gasteiger partial charge in [-0.3, -0.25) is 4.79 Å². The molecule has 0 radical (unpaired) electrons. The van der Waals surface area contributed by atoms with Crippen LogP contribution in [0.4, 0.5) is 0 Å². The Morgan fingerprint density at radius 3 is 2.71 bits per heavy atom. The lowest BCUT2D eigenvalue weighted by Crippen LogP contribution is -2.55. The molecule has 0 saturated heterocycles. The van der Waals surface area contributed by atoms with Gasteiger partial charge in [-0.25, -0.2) is 0 Å². The predicted octanol–water partition coefficient (Wildman–Crippen LogP) is 4.74. The molecule has 2 nitrogen and oxygen atoms in total. The van der Waals surface area contributed by atoms with Crippen molar-refractivity contribution in [1.29, 1.82) is 0 Å². The average molecular weight is 331 g/mol. The first-order valence-electron chi connectivity index (χ1n) is 10.8. The summed E-state index contributed by atoms with van der Waals surface area (Å²) in [5.74, 6) is 4.39. The molecule has 0 aromatic carbocycles. The van der Waals surface area contributed by atoms with E-state index in [9.17, 15) is 9.90 Å². The molecule has 1 N–H and O–H groups in total. The van der Waals surface area contributed by atoms with Crippen LogP contribution in [0.1, 0.15) is 84.0 Å². The van der Waals surface area contributed by atoms with Gasteiger partial charge in [0.25, 0.3) is 0 Å². The van der Waals surface area contributed by atoms with E-state index in [0.29, 0.717) is 22.5 Å². The number of fused-ring (bicyclic) bond motifs is 4. The first kappa shape index (κ1) is 15.9. The number of hydrogen-bond acceptors (Lipinski definition) is 2. The van der Waals surface area contributed by atoms with Crippen molar-refractivity contribution in [3.63, 3.8) is 0 Å². The van der Waals surface area contributed by atoms with Crippen LogP contribution >= 0.6 is 0 Å². The summed E-state index contributed by atoms with van der Waals surface area (Å²) in [6, 6.07) is 0. The lowest BCUT2D eigenvalue weighted by Gasteiger charge is -2.62. The van der Waals surface area contributed by atoms with Gasteiger partial charge in [0.05, 0.1) is 6.10 Å². The monoisotopic (exact) mass is 330 g/mol. The molecule has 0 heterocycles. The molecule has 134 valence electrons. The summed E-state index contributed by atoms with van der Waals surface area (Å²) in [7, 11) is 0. The van der Waals surface area contributed by atoms with Gasteiger partial charge >= 0.3 is 0 Å². The second kappa shape index (κ2) is 5.32. The lowest BCUT2D eigenvalue weighted by molar-refractivity contribution is -0.149. The average Bonchev–Trinajstić information content (AvgIpc) is 2.96. The predicted molar refractivity (Wildman–Crippen MR) is 94.4 cm³/mol. The summed E-state index contributed by atoms with van der Waals surface area (Å²) in [6.07, 6.45) is 14.6. The van der Waals surface area contributed by atoms with Crippen molar-refractivity contribution in [1.82, 2.24) is 0 Å². The molecule has 24 heavy (non-hydrogen) atoms. The molecule has 0 unspecified atom stereocenters. The molecular formula is C22H34O2. The molecule has 5 fully saturated rings. The van der Waals surface area contributed by atoms with E-state index in [4.69, 9.17) is 0 Å². The van der Waals surface area contributed by atoms with Gasteiger partial charge in [-0.1, -0.05) is 6.92 Å². The summed E-state index contributed by atoms with van der Waals surface area (Å²) in [5, 5.41) is 10.2. The highest BCUT2D eigenvalue weighted by atomic mass is 16.3. The van der Waals surface area contributed by atoms with Gasteiger partial charge in [0, 0.05) is 12.3 Å². The van der Waals surface area contributed by atoms with E-state index in [1.54, 1.807) is 0 Å². The van der Waals surface area contributed by atoms with E-state index in [2.05, 4.69) is 6.92 Å². The third-order valence-electron chi connectivity index (χ3n) is 9.81. The summed E-state index contributed by atoms with van der Waals surface area (Å²) >= 11 is 0. The van der Waals surface area contributed by atoms with Crippen LogP contribution in [0.25, 0.3) is 0 Å². The smallest absolute Gasteiger partial charge is 0.136 e. The van der Waals surface area contributed by atoms with E-state index < -0.39 is 0 Å². The molecule has 2 heteroatoms. The Morgan fingerprint density at radius 2 is 1.83 bits per heavy atom. The van der Waals surface area contributed by atoms with E-state index >= 15 is 0 Å². The van der Waals surface area contributed by atoms with Crippen molar-refractivity contribution in [2.24, 2.45) is 40.4 Å². The van der Waals surface area contributed by atoms with Crippen LogP contribution in [0.5, 0.6) is 0 Å². The number of hydrogen-bond donors (Lipinski definition) is 1. The Kier molecular flexibility index (Phi) is 3.51. The Hall–Kier alpha value is -0.370. The number of Topliss-reactive ketones (excluding diaryl/α,β-unsaturated/α-hetero) is 1. The second-order valence-electron chi connectivity index (χ2n) is 10.3. The SMILES string of the molecule is C[C@]12CC[C@@H](O)C[C@H]1CC[C@@H]1[C@@H]2CC[C@]23CCCC(=O)[C@H]2CC[C@@H]13. The summed E-state index contributed by atoms with van der Waals surface area (Å²) in [5.41, 5.74) is 0.883. The fourth-order valence-electron chi connectivity index (χ4n) is 8.78. The number of aliphatic hydroxyl groups is 1. The van der Waals surface area contributed by atoms with E-state index in [-0.39, 0.29) is 6.10 Å². The molecule has 5 rings (SSSR count). The fraction of sp³-hybridized carbons (Fsp3) is 0.955. The highest BCUT2D eigenvalue weighted by Gasteiger charge is 2.63. The van der Waals surface area contributed by atoms with Crippen molar-refractivity contribution in [2.45, 2.75) is 90.1 Å². The van der Waals surface area contributed by atoms with Crippen molar-refractivity contribution in [2.75, 3.05) is 0 Å². The van der Waals surface area contributed by atoms with Crippen molar-refractivity contribution < 1.29 is 9.90 Å². The van der Waals surface area contributed by atoms with Gasteiger partial charge in [0.1, 0.15) is 5.78 Å². The maximum absolute atomic E-state index is 12.6. The number of ketones is 1. The minimum absolute atomic E-state index is 0.0404. The Balaban J connectivity index is 1.46. The molecule has 0 amide bonds. The standard InChI is InChI=1S/C22H34O2/c1-21-11-8-15(23)13-14(21)4-5-16-17(21)9-12-22-10-2-3-20(24)19(22)7-6-18(16)22/h14-19,23H,2-13H2,1H3/t14-,15-,16-,17+,18+,19-,21+,22+/m1/s1. The molecule has 5 saturated carbocycles. The molecule has 0 aliphatic heterocycles. The molecular weight excluding hydrogens is 296 g/mol. The molecule has 1 spiro atoms. The molecule has 5 aliphatic carbocycles. The van der Waals surface area contributed by atoms with E-state index in [0.717, 1.165) is 49.4 Å². The number of carbonyl (C=O) groups is 1. The Labute approximate surface area is 146 Å². The summed E-state index contributed by atoms with van der Waals surface area (Å²) in [6.45, 7) is 2.57. The topological polar surface area (TPSA) is 37.3 Å². The minimum Gasteiger partial charge on any atom is -0.393 e. The third kappa shape index (κ3) is 1.95. The Morgan fingerprint density at radius 1 is 0.958 bits per heavy atom. The van der Waals surface area contributed by atoms with Gasteiger partial charge < -0.3 is 5.11 Å². The minimum atomic E-state index is -0.0404. The van der Waals surface area contributed by atoms with Crippen LogP contribution in [-0.2, 0) is 4.79 Å².